The van der Waals surface area contributed by atoms with Gasteiger partial charge in [0.1, 0.15) is 5.82 Å². The number of benzene rings is 1. The first-order valence-corrected chi connectivity index (χ1v) is 9.39. The second-order valence-corrected chi connectivity index (χ2v) is 7.10. The van der Waals surface area contributed by atoms with Crippen LogP contribution in [0.3, 0.4) is 0 Å². The number of hydrogen-bond donors (Lipinski definition) is 1. The number of likely N-dealkylation sites (N-methyl/N-ethyl adjacent to an activating group) is 2. The normalized spacial score (nSPS) is 15.7. The average Bonchev–Trinajstić information content (AvgIpc) is 3.03. The summed E-state index contributed by atoms with van der Waals surface area (Å²) in [6, 6.07) is 6.75. The molecule has 26 heavy (non-hydrogen) atoms. The molecule has 5 nitrogen and oxygen atoms in total. The molecule has 6 heteroatoms. The number of nitrogens with one attached hydrogen (secondary N) is 1. The lowest BCUT2D eigenvalue weighted by Gasteiger charge is -2.23. The highest BCUT2D eigenvalue weighted by Crippen LogP contribution is 2.27. The van der Waals surface area contributed by atoms with Gasteiger partial charge in [0.15, 0.2) is 0 Å². The zero-order chi connectivity index (χ0) is 18.4. The monoisotopic (exact) mass is 360 g/mol. The van der Waals surface area contributed by atoms with E-state index in [0.717, 1.165) is 63.5 Å². The molecular formula is C20H29FN4O. The molecule has 1 aliphatic rings. The first kappa shape index (κ1) is 19.0. The summed E-state index contributed by atoms with van der Waals surface area (Å²) in [6.07, 6.45) is 4.11. The third kappa shape index (κ3) is 4.90. The number of halogens is 1. The summed E-state index contributed by atoms with van der Waals surface area (Å²) < 4.78 is 21.0. The molecule has 2 heterocycles. The van der Waals surface area contributed by atoms with Crippen LogP contribution in [0.1, 0.15) is 18.4 Å². The van der Waals surface area contributed by atoms with Gasteiger partial charge < -0.3 is 15.0 Å². The van der Waals surface area contributed by atoms with Crippen LogP contribution in [0.5, 0.6) is 0 Å². The van der Waals surface area contributed by atoms with Crippen LogP contribution in [0, 0.1) is 11.7 Å². The maximum atomic E-state index is 13.4. The topological polar surface area (TPSA) is 42.3 Å². The number of rotatable bonds is 8. The summed E-state index contributed by atoms with van der Waals surface area (Å²) >= 11 is 0. The van der Waals surface area contributed by atoms with Gasteiger partial charge in [-0.1, -0.05) is 0 Å². The molecule has 0 amide bonds. The summed E-state index contributed by atoms with van der Waals surface area (Å²) in [5.41, 5.74) is 3.31. The Kier molecular flexibility index (Phi) is 6.77. The van der Waals surface area contributed by atoms with Gasteiger partial charge >= 0.3 is 0 Å². The molecule has 1 aromatic heterocycles. The minimum atomic E-state index is -0.211. The van der Waals surface area contributed by atoms with Gasteiger partial charge in [0, 0.05) is 50.5 Å². The van der Waals surface area contributed by atoms with Gasteiger partial charge in [-0.2, -0.15) is 5.10 Å². The van der Waals surface area contributed by atoms with E-state index in [9.17, 15) is 4.39 Å². The molecule has 3 rings (SSSR count). The van der Waals surface area contributed by atoms with E-state index in [0.29, 0.717) is 5.92 Å². The number of aromatic nitrogens is 2. The van der Waals surface area contributed by atoms with Crippen molar-refractivity contribution in [2.45, 2.75) is 25.9 Å². The fourth-order valence-corrected chi connectivity index (χ4v) is 3.47. The van der Waals surface area contributed by atoms with Crippen LogP contribution in [0.4, 0.5) is 4.39 Å². The Bertz CT molecular complexity index is 680. The van der Waals surface area contributed by atoms with E-state index in [-0.39, 0.29) is 5.82 Å². The highest BCUT2D eigenvalue weighted by molar-refractivity contribution is 5.63. The maximum Gasteiger partial charge on any atom is 0.123 e. The Balaban J connectivity index is 1.84. The predicted octanol–water partition coefficient (Wildman–Crippen LogP) is 2.77. The van der Waals surface area contributed by atoms with Gasteiger partial charge in [0.2, 0.25) is 0 Å². The quantitative estimate of drug-likeness (QED) is 0.786. The molecule has 1 N–H and O–H groups in total. The third-order valence-electron chi connectivity index (χ3n) is 4.99. The summed E-state index contributed by atoms with van der Waals surface area (Å²) in [5.74, 6) is 0.370. The largest absolute Gasteiger partial charge is 0.381 e. The van der Waals surface area contributed by atoms with Crippen molar-refractivity contribution < 1.29 is 9.13 Å². The molecule has 2 aromatic rings. The summed E-state index contributed by atoms with van der Waals surface area (Å²) in [6.45, 7) is 5.27. The second kappa shape index (κ2) is 9.26. The number of ether oxygens (including phenoxy) is 1. The molecule has 0 unspecified atom stereocenters. The zero-order valence-electron chi connectivity index (χ0n) is 15.7. The second-order valence-electron chi connectivity index (χ2n) is 7.10. The average molecular weight is 360 g/mol. The fourth-order valence-electron chi connectivity index (χ4n) is 3.47. The minimum absolute atomic E-state index is 0.211. The Labute approximate surface area is 155 Å². The van der Waals surface area contributed by atoms with Crippen LogP contribution in [0.25, 0.3) is 11.3 Å². The van der Waals surface area contributed by atoms with Crippen LogP contribution < -0.4 is 5.32 Å². The van der Waals surface area contributed by atoms with E-state index in [4.69, 9.17) is 4.74 Å². The van der Waals surface area contributed by atoms with Gasteiger partial charge in [0.25, 0.3) is 0 Å². The van der Waals surface area contributed by atoms with Crippen molar-refractivity contribution in [1.29, 1.82) is 0 Å². The summed E-state index contributed by atoms with van der Waals surface area (Å²) in [7, 11) is 4.07. The van der Waals surface area contributed by atoms with Crippen molar-refractivity contribution in [3.63, 3.8) is 0 Å². The van der Waals surface area contributed by atoms with E-state index < -0.39 is 0 Å². The highest BCUT2D eigenvalue weighted by Gasteiger charge is 2.20. The molecule has 0 radical (unpaired) electrons. The van der Waals surface area contributed by atoms with Crippen molar-refractivity contribution in [3.05, 3.63) is 41.8 Å². The van der Waals surface area contributed by atoms with Crippen LogP contribution in [0.2, 0.25) is 0 Å². The minimum Gasteiger partial charge on any atom is -0.381 e. The molecular weight excluding hydrogens is 331 g/mol. The van der Waals surface area contributed by atoms with Gasteiger partial charge in [-0.25, -0.2) is 4.39 Å². The lowest BCUT2D eigenvalue weighted by molar-refractivity contribution is 0.0603. The van der Waals surface area contributed by atoms with Crippen LogP contribution in [-0.2, 0) is 17.8 Å². The van der Waals surface area contributed by atoms with E-state index in [1.165, 1.54) is 17.7 Å². The van der Waals surface area contributed by atoms with E-state index in [2.05, 4.69) is 27.0 Å². The SMILES string of the molecule is CNCCN(C)Cc1cnn(CC2CCOCC2)c1-c1ccc(F)cc1. The Morgan fingerprint density at radius 3 is 2.69 bits per heavy atom. The summed E-state index contributed by atoms with van der Waals surface area (Å²) in [5, 5.41) is 7.86. The Hall–Kier alpha value is -1.76. The lowest BCUT2D eigenvalue weighted by Crippen LogP contribution is -2.27. The van der Waals surface area contributed by atoms with Crippen LogP contribution >= 0.6 is 0 Å². The van der Waals surface area contributed by atoms with Gasteiger partial charge in [-0.15, -0.1) is 0 Å². The van der Waals surface area contributed by atoms with Crippen molar-refractivity contribution in [3.8, 4) is 11.3 Å². The van der Waals surface area contributed by atoms with Gasteiger partial charge in [-0.05, 0) is 57.1 Å². The van der Waals surface area contributed by atoms with Crippen molar-refractivity contribution in [2.24, 2.45) is 5.92 Å². The molecule has 0 spiro atoms. The Morgan fingerprint density at radius 1 is 1.27 bits per heavy atom. The highest BCUT2D eigenvalue weighted by atomic mass is 19.1. The molecule has 1 fully saturated rings. The van der Waals surface area contributed by atoms with Crippen LogP contribution in [0.15, 0.2) is 30.5 Å². The number of hydrogen-bond acceptors (Lipinski definition) is 4. The standard InChI is InChI=1S/C20H29FN4O/c1-22-9-10-24(2)15-18-13-23-25(14-16-7-11-26-12-8-16)20(18)17-3-5-19(21)6-4-17/h3-6,13,16,22H,7-12,14-15H2,1-2H3. The maximum absolute atomic E-state index is 13.4. The first-order chi connectivity index (χ1) is 12.7. The van der Waals surface area contributed by atoms with E-state index in [1.54, 1.807) is 0 Å². The van der Waals surface area contributed by atoms with Gasteiger partial charge in [0.05, 0.1) is 11.9 Å². The molecule has 0 saturated carbocycles. The molecule has 1 aliphatic heterocycles. The number of nitrogens with zero attached hydrogens (tertiary/aromatic N) is 3. The Morgan fingerprint density at radius 2 is 2.00 bits per heavy atom. The van der Waals surface area contributed by atoms with Crippen molar-refractivity contribution in [1.82, 2.24) is 20.0 Å². The molecule has 0 atom stereocenters. The fraction of sp³-hybridized carbons (Fsp3) is 0.550. The van der Waals surface area contributed by atoms with Crippen LogP contribution in [-0.4, -0.2) is 55.1 Å². The molecule has 1 saturated heterocycles. The first-order valence-electron chi connectivity index (χ1n) is 9.39. The van der Waals surface area contributed by atoms with E-state index >= 15 is 0 Å². The van der Waals surface area contributed by atoms with Gasteiger partial charge in [-0.3, -0.25) is 4.68 Å². The summed E-state index contributed by atoms with van der Waals surface area (Å²) in [4.78, 5) is 2.28. The van der Waals surface area contributed by atoms with E-state index in [1.807, 2.05) is 25.4 Å². The predicted molar refractivity (Wildman–Crippen MR) is 101 cm³/mol. The molecule has 142 valence electrons. The zero-order valence-corrected chi connectivity index (χ0v) is 15.7. The molecule has 0 bridgehead atoms. The van der Waals surface area contributed by atoms with Crippen molar-refractivity contribution >= 4 is 0 Å². The lowest BCUT2D eigenvalue weighted by atomic mass is 10.00. The molecule has 0 aliphatic carbocycles. The van der Waals surface area contributed by atoms with Crippen molar-refractivity contribution in [2.75, 3.05) is 40.4 Å². The smallest absolute Gasteiger partial charge is 0.123 e. The third-order valence-corrected chi connectivity index (χ3v) is 4.99. The molecule has 1 aromatic carbocycles.